The molecule has 1 aliphatic rings. The van der Waals surface area contributed by atoms with Crippen LogP contribution in [0, 0.1) is 0 Å². The number of hydrogen-bond donors (Lipinski definition) is 1. The molecule has 1 fully saturated rings. The lowest BCUT2D eigenvalue weighted by atomic mass is 9.95. The monoisotopic (exact) mass is 510 g/mol. The number of thiazole rings is 1. The zero-order valence-electron chi connectivity index (χ0n) is 17.7. The number of amides is 1. The van der Waals surface area contributed by atoms with Crippen LogP contribution in [-0.4, -0.2) is 28.9 Å². The summed E-state index contributed by atoms with van der Waals surface area (Å²) in [4.78, 5) is 32.4. The van der Waals surface area contributed by atoms with Gasteiger partial charge < -0.3 is 9.84 Å². The molecule has 0 bridgehead atoms. The van der Waals surface area contributed by atoms with Gasteiger partial charge in [-0.2, -0.15) is 0 Å². The zero-order valence-corrected chi connectivity index (χ0v) is 20.0. The number of methoxy groups -OCH3 is 1. The number of carbonyl (C=O) groups is 2. The minimum absolute atomic E-state index is 0.0357. The van der Waals surface area contributed by atoms with E-state index in [1.165, 1.54) is 16.2 Å². The number of carbonyl (C=O) groups excluding carboxylic acids is 2. The Hall–Kier alpha value is -3.39. The molecule has 0 unspecified atom stereocenters. The SMILES string of the molecule is COc1ccc2nc(N3C(=O)C(=O)/C(=C(/O)c4ccc(Cl)cc4)[C@@H]3c3ccc(Cl)cc3)sc2c1. The van der Waals surface area contributed by atoms with E-state index in [0.29, 0.717) is 37.6 Å². The van der Waals surface area contributed by atoms with Crippen molar-refractivity contribution in [2.24, 2.45) is 0 Å². The van der Waals surface area contributed by atoms with Crippen molar-refractivity contribution in [3.05, 3.63) is 93.5 Å². The van der Waals surface area contributed by atoms with Crippen LogP contribution in [0.3, 0.4) is 0 Å². The van der Waals surface area contributed by atoms with Gasteiger partial charge in [0.15, 0.2) is 5.13 Å². The number of aliphatic hydroxyl groups is 1. The molecule has 1 aliphatic heterocycles. The zero-order chi connectivity index (χ0) is 24.0. The maximum Gasteiger partial charge on any atom is 0.301 e. The second-order valence-electron chi connectivity index (χ2n) is 7.56. The van der Waals surface area contributed by atoms with Crippen molar-refractivity contribution in [3.63, 3.8) is 0 Å². The Labute approximate surface area is 208 Å². The number of rotatable bonds is 4. The second-order valence-corrected chi connectivity index (χ2v) is 9.44. The third kappa shape index (κ3) is 3.81. The lowest BCUT2D eigenvalue weighted by Crippen LogP contribution is -2.29. The molecule has 34 heavy (non-hydrogen) atoms. The quantitative estimate of drug-likeness (QED) is 0.199. The molecular weight excluding hydrogens is 495 g/mol. The van der Waals surface area contributed by atoms with Crippen LogP contribution in [0.15, 0.2) is 72.3 Å². The molecule has 9 heteroatoms. The fraction of sp³-hybridized carbons (Fsp3) is 0.0800. The Kier molecular flexibility index (Phi) is 5.77. The molecule has 0 saturated carbocycles. The second kappa shape index (κ2) is 8.76. The molecule has 1 aromatic heterocycles. The molecule has 2 heterocycles. The van der Waals surface area contributed by atoms with Crippen LogP contribution in [0.2, 0.25) is 10.0 Å². The number of aliphatic hydroxyl groups excluding tert-OH is 1. The van der Waals surface area contributed by atoms with Gasteiger partial charge in [-0.3, -0.25) is 14.5 Å². The smallest absolute Gasteiger partial charge is 0.301 e. The summed E-state index contributed by atoms with van der Waals surface area (Å²) in [6.45, 7) is 0. The summed E-state index contributed by atoms with van der Waals surface area (Å²) >= 11 is 13.3. The molecule has 0 aliphatic carbocycles. The highest BCUT2D eigenvalue weighted by molar-refractivity contribution is 7.22. The van der Waals surface area contributed by atoms with E-state index in [9.17, 15) is 14.7 Å². The molecular formula is C25H16Cl2N2O4S. The number of ether oxygens (including phenoxy) is 1. The van der Waals surface area contributed by atoms with Crippen LogP contribution in [0.25, 0.3) is 16.0 Å². The van der Waals surface area contributed by atoms with Crippen LogP contribution in [-0.2, 0) is 9.59 Å². The Morgan fingerprint density at radius 3 is 2.29 bits per heavy atom. The van der Waals surface area contributed by atoms with Crippen LogP contribution < -0.4 is 9.64 Å². The van der Waals surface area contributed by atoms with Gasteiger partial charge in [0.2, 0.25) is 0 Å². The summed E-state index contributed by atoms with van der Waals surface area (Å²) in [6.07, 6.45) is 0. The lowest BCUT2D eigenvalue weighted by molar-refractivity contribution is -0.132. The Morgan fingerprint density at radius 2 is 1.65 bits per heavy atom. The minimum atomic E-state index is -0.893. The number of hydrogen-bond acceptors (Lipinski definition) is 6. The fourth-order valence-corrected chi connectivity index (χ4v) is 5.15. The summed E-state index contributed by atoms with van der Waals surface area (Å²) in [7, 11) is 1.57. The van der Waals surface area contributed by atoms with E-state index < -0.39 is 17.7 Å². The molecule has 0 spiro atoms. The normalized spacial score (nSPS) is 17.5. The van der Waals surface area contributed by atoms with Crippen molar-refractivity contribution < 1.29 is 19.4 Å². The fourth-order valence-electron chi connectivity index (χ4n) is 3.88. The molecule has 1 amide bonds. The highest BCUT2D eigenvalue weighted by Gasteiger charge is 2.48. The van der Waals surface area contributed by atoms with E-state index in [1.54, 1.807) is 67.8 Å². The van der Waals surface area contributed by atoms with E-state index >= 15 is 0 Å². The van der Waals surface area contributed by atoms with Gasteiger partial charge in [0, 0.05) is 15.6 Å². The van der Waals surface area contributed by atoms with Crippen molar-refractivity contribution in [2.45, 2.75) is 6.04 Å². The first kappa shape index (κ1) is 22.4. The van der Waals surface area contributed by atoms with E-state index in [2.05, 4.69) is 4.98 Å². The molecule has 170 valence electrons. The maximum absolute atomic E-state index is 13.3. The number of fused-ring (bicyclic) bond motifs is 1. The third-order valence-corrected chi connectivity index (χ3v) is 7.06. The van der Waals surface area contributed by atoms with Crippen molar-refractivity contribution in [1.82, 2.24) is 4.98 Å². The average Bonchev–Trinajstić information content (AvgIpc) is 3.37. The van der Waals surface area contributed by atoms with Gasteiger partial charge in [0.25, 0.3) is 5.78 Å². The van der Waals surface area contributed by atoms with E-state index in [0.717, 1.165) is 4.70 Å². The predicted octanol–water partition coefficient (Wildman–Crippen LogP) is 6.24. The van der Waals surface area contributed by atoms with Crippen LogP contribution in [0.1, 0.15) is 17.2 Å². The first-order valence-electron chi connectivity index (χ1n) is 10.1. The van der Waals surface area contributed by atoms with Gasteiger partial charge in [0.05, 0.1) is 28.9 Å². The van der Waals surface area contributed by atoms with Gasteiger partial charge in [-0.15, -0.1) is 0 Å². The molecule has 0 radical (unpaired) electrons. The number of nitrogens with zero attached hydrogens (tertiary/aromatic N) is 2. The van der Waals surface area contributed by atoms with E-state index in [1.807, 2.05) is 6.07 Å². The molecule has 1 atom stereocenters. The van der Waals surface area contributed by atoms with Gasteiger partial charge in [-0.05, 0) is 60.2 Å². The molecule has 3 aromatic carbocycles. The Morgan fingerprint density at radius 1 is 1.00 bits per heavy atom. The number of halogens is 2. The van der Waals surface area contributed by atoms with Crippen molar-refractivity contribution in [2.75, 3.05) is 12.0 Å². The highest BCUT2D eigenvalue weighted by atomic mass is 35.5. The van der Waals surface area contributed by atoms with Crippen LogP contribution >= 0.6 is 34.5 Å². The molecule has 4 aromatic rings. The standard InChI is InChI=1S/C25H16Cl2N2O4S/c1-33-17-10-11-18-19(12-17)34-25(28-18)29-21(13-2-6-15(26)7-3-13)20(23(31)24(29)32)22(30)14-4-8-16(27)9-5-14/h2-12,21,30H,1H3/b22-20+/t21-/m0/s1. The topological polar surface area (TPSA) is 79.7 Å². The minimum Gasteiger partial charge on any atom is -0.507 e. The number of aromatic nitrogens is 1. The van der Waals surface area contributed by atoms with E-state index in [4.69, 9.17) is 27.9 Å². The van der Waals surface area contributed by atoms with Crippen molar-refractivity contribution >= 4 is 67.3 Å². The molecule has 6 nitrogen and oxygen atoms in total. The number of ketones is 1. The summed E-state index contributed by atoms with van der Waals surface area (Å²) in [6, 6.07) is 17.7. The lowest BCUT2D eigenvalue weighted by Gasteiger charge is -2.23. The maximum atomic E-state index is 13.3. The Balaban J connectivity index is 1.71. The Bertz CT molecular complexity index is 1460. The van der Waals surface area contributed by atoms with Gasteiger partial charge >= 0.3 is 5.91 Å². The number of anilines is 1. The van der Waals surface area contributed by atoms with Crippen LogP contribution in [0.4, 0.5) is 5.13 Å². The predicted molar refractivity (Wildman–Crippen MR) is 134 cm³/mol. The first-order chi connectivity index (χ1) is 16.4. The summed E-state index contributed by atoms with van der Waals surface area (Å²) < 4.78 is 6.08. The van der Waals surface area contributed by atoms with Crippen molar-refractivity contribution in [1.29, 1.82) is 0 Å². The third-order valence-electron chi connectivity index (χ3n) is 5.54. The first-order valence-corrected chi connectivity index (χ1v) is 11.7. The van der Waals surface area contributed by atoms with Gasteiger partial charge in [-0.25, -0.2) is 4.98 Å². The number of Topliss-reactive ketones (excluding diaryl/α,β-unsaturated/α-hetero) is 1. The van der Waals surface area contributed by atoms with Crippen LogP contribution in [0.5, 0.6) is 5.75 Å². The van der Waals surface area contributed by atoms with Crippen molar-refractivity contribution in [3.8, 4) is 5.75 Å². The van der Waals surface area contributed by atoms with Gasteiger partial charge in [-0.1, -0.05) is 46.7 Å². The largest absolute Gasteiger partial charge is 0.507 e. The average molecular weight is 511 g/mol. The highest BCUT2D eigenvalue weighted by Crippen LogP contribution is 2.44. The summed E-state index contributed by atoms with van der Waals surface area (Å²) in [5.74, 6) is -1.22. The van der Waals surface area contributed by atoms with E-state index in [-0.39, 0.29) is 11.3 Å². The molecule has 1 N–H and O–H groups in total. The van der Waals surface area contributed by atoms with Gasteiger partial charge in [0.1, 0.15) is 11.5 Å². The molecule has 1 saturated heterocycles. The summed E-state index contributed by atoms with van der Waals surface area (Å²) in [5, 5.41) is 12.5. The summed E-state index contributed by atoms with van der Waals surface area (Å²) in [5.41, 5.74) is 1.60. The molecule has 5 rings (SSSR count). The number of benzene rings is 3.